The van der Waals surface area contributed by atoms with Crippen molar-refractivity contribution in [3.05, 3.63) is 198 Å². The van der Waals surface area contributed by atoms with Crippen LogP contribution in [-0.4, -0.2) is 0 Å². The molecule has 0 unspecified atom stereocenters. The van der Waals surface area contributed by atoms with E-state index >= 15 is 0 Å². The van der Waals surface area contributed by atoms with E-state index in [1.54, 1.807) is 0 Å². The average molecular weight is 736 g/mol. The number of hydrogen-bond donors (Lipinski definition) is 0. The molecule has 0 saturated heterocycles. The molecule has 0 heterocycles. The third kappa shape index (κ3) is 5.43. The van der Waals surface area contributed by atoms with Crippen molar-refractivity contribution < 1.29 is 0 Å². The zero-order valence-corrected chi connectivity index (χ0v) is 34.1. The maximum atomic E-state index is 2.51. The first-order valence-electron chi connectivity index (χ1n) is 20.4. The first-order valence-corrected chi connectivity index (χ1v) is 20.4. The summed E-state index contributed by atoms with van der Waals surface area (Å²) in [5.74, 6) is 0. The molecule has 0 fully saturated rings. The Labute approximate surface area is 338 Å². The predicted octanol–water partition coefficient (Wildman–Crippen LogP) is 15.6. The molecular formula is C56H49N. The molecule has 0 radical (unpaired) electrons. The number of nitrogens with zero attached hydrogens (tertiary/aromatic N) is 1. The second-order valence-corrected chi connectivity index (χ2v) is 18.2. The molecule has 278 valence electrons. The third-order valence-electron chi connectivity index (χ3n) is 13.1. The summed E-state index contributed by atoms with van der Waals surface area (Å²) in [7, 11) is 0. The summed E-state index contributed by atoms with van der Waals surface area (Å²) in [6, 6.07) is 63.9. The lowest BCUT2D eigenvalue weighted by Gasteiger charge is -2.31. The maximum Gasteiger partial charge on any atom is 0.0546 e. The molecule has 0 atom stereocenters. The summed E-state index contributed by atoms with van der Waals surface area (Å²) in [6.45, 7) is 16.3. The molecule has 2 aliphatic rings. The molecule has 2 aliphatic carbocycles. The Morgan fingerprint density at radius 2 is 0.947 bits per heavy atom. The van der Waals surface area contributed by atoms with Gasteiger partial charge in [0.1, 0.15) is 0 Å². The van der Waals surface area contributed by atoms with Gasteiger partial charge in [0.2, 0.25) is 0 Å². The fourth-order valence-corrected chi connectivity index (χ4v) is 9.92. The number of fused-ring (bicyclic) bond motifs is 7. The van der Waals surface area contributed by atoms with Crippen LogP contribution in [0.3, 0.4) is 0 Å². The van der Waals surface area contributed by atoms with Crippen LogP contribution in [0.2, 0.25) is 0 Å². The van der Waals surface area contributed by atoms with Crippen LogP contribution in [0.5, 0.6) is 0 Å². The van der Waals surface area contributed by atoms with Crippen molar-refractivity contribution in [1.29, 1.82) is 0 Å². The van der Waals surface area contributed by atoms with Crippen LogP contribution < -0.4 is 4.90 Å². The molecule has 0 spiro atoms. The molecule has 10 rings (SSSR count). The number of anilines is 3. The molecule has 0 saturated carbocycles. The second kappa shape index (κ2) is 12.7. The van der Waals surface area contributed by atoms with E-state index in [2.05, 4.69) is 223 Å². The van der Waals surface area contributed by atoms with Gasteiger partial charge >= 0.3 is 0 Å². The van der Waals surface area contributed by atoms with Crippen molar-refractivity contribution in [1.82, 2.24) is 0 Å². The standard InChI is InChI=1S/C56H49N/c1-54(2,3)39-28-23-36(24-29-39)37-25-30-40(31-26-37)57(41-32-33-44-43-17-10-12-20-47(43)56(6,7)50(44)35-41)51-34-27-38-15-8-9-16-42(38)53(51)46-19-14-22-49-52(46)45-18-11-13-21-48(45)55(49,4)5/h8-35H,1-7H3. The Morgan fingerprint density at radius 3 is 1.67 bits per heavy atom. The number of benzene rings is 8. The van der Waals surface area contributed by atoms with Gasteiger partial charge in [-0.3, -0.25) is 0 Å². The van der Waals surface area contributed by atoms with Gasteiger partial charge in [0, 0.05) is 27.8 Å². The highest BCUT2D eigenvalue weighted by Gasteiger charge is 2.38. The summed E-state index contributed by atoms with van der Waals surface area (Å²) in [5, 5.41) is 2.49. The Bertz CT molecular complexity index is 2860. The van der Waals surface area contributed by atoms with E-state index in [0.29, 0.717) is 0 Å². The number of hydrogen-bond acceptors (Lipinski definition) is 1. The summed E-state index contributed by atoms with van der Waals surface area (Å²) < 4.78 is 0. The van der Waals surface area contributed by atoms with E-state index in [1.165, 1.54) is 88.8 Å². The van der Waals surface area contributed by atoms with Gasteiger partial charge in [-0.05, 0) is 113 Å². The van der Waals surface area contributed by atoms with E-state index in [4.69, 9.17) is 0 Å². The van der Waals surface area contributed by atoms with Crippen molar-refractivity contribution in [2.24, 2.45) is 0 Å². The summed E-state index contributed by atoms with van der Waals surface area (Å²) in [6.07, 6.45) is 0. The van der Waals surface area contributed by atoms with Crippen LogP contribution in [-0.2, 0) is 16.2 Å². The average Bonchev–Trinajstić information content (AvgIpc) is 3.60. The van der Waals surface area contributed by atoms with Crippen molar-refractivity contribution >= 4 is 27.8 Å². The van der Waals surface area contributed by atoms with Gasteiger partial charge < -0.3 is 4.90 Å². The molecule has 8 aromatic carbocycles. The molecule has 8 aromatic rings. The smallest absolute Gasteiger partial charge is 0.0546 e. The largest absolute Gasteiger partial charge is 0.310 e. The summed E-state index contributed by atoms with van der Waals surface area (Å²) in [4.78, 5) is 2.51. The van der Waals surface area contributed by atoms with E-state index in [9.17, 15) is 0 Å². The zero-order valence-electron chi connectivity index (χ0n) is 34.1. The van der Waals surface area contributed by atoms with Gasteiger partial charge in [0.15, 0.2) is 0 Å². The van der Waals surface area contributed by atoms with Gasteiger partial charge in [-0.2, -0.15) is 0 Å². The van der Waals surface area contributed by atoms with E-state index in [1.807, 2.05) is 0 Å². The van der Waals surface area contributed by atoms with Crippen molar-refractivity contribution in [3.63, 3.8) is 0 Å². The highest BCUT2D eigenvalue weighted by Crippen LogP contribution is 2.56. The predicted molar refractivity (Wildman–Crippen MR) is 243 cm³/mol. The third-order valence-corrected chi connectivity index (χ3v) is 13.1. The Morgan fingerprint density at radius 1 is 0.404 bits per heavy atom. The van der Waals surface area contributed by atoms with E-state index in [-0.39, 0.29) is 16.2 Å². The molecule has 57 heavy (non-hydrogen) atoms. The van der Waals surface area contributed by atoms with Crippen LogP contribution in [0.25, 0.3) is 55.3 Å². The van der Waals surface area contributed by atoms with Gasteiger partial charge in [-0.1, -0.05) is 188 Å². The minimum absolute atomic E-state index is 0.103. The molecule has 0 aromatic heterocycles. The lowest BCUT2D eigenvalue weighted by molar-refractivity contribution is 0.590. The number of rotatable bonds is 5. The molecule has 0 amide bonds. The maximum absolute atomic E-state index is 2.51. The normalized spacial score (nSPS) is 14.5. The quantitative estimate of drug-likeness (QED) is 0.170. The van der Waals surface area contributed by atoms with Crippen LogP contribution in [0, 0.1) is 0 Å². The Hall–Kier alpha value is -6.18. The minimum atomic E-state index is -0.127. The SMILES string of the molecule is CC(C)(C)c1ccc(-c2ccc(N(c3ccc4c(c3)C(C)(C)c3ccccc3-4)c3ccc4ccccc4c3-c3cccc4c3-c3ccccc3C4(C)C)cc2)cc1. The highest BCUT2D eigenvalue weighted by atomic mass is 15.1. The molecule has 1 heteroatoms. The highest BCUT2D eigenvalue weighted by molar-refractivity contribution is 6.09. The van der Waals surface area contributed by atoms with Crippen LogP contribution in [0.15, 0.2) is 170 Å². The molecule has 0 N–H and O–H groups in total. The summed E-state index contributed by atoms with van der Waals surface area (Å²) in [5.41, 5.74) is 20.5. The van der Waals surface area contributed by atoms with Crippen molar-refractivity contribution in [2.45, 2.75) is 64.7 Å². The van der Waals surface area contributed by atoms with E-state index in [0.717, 1.165) is 11.4 Å². The van der Waals surface area contributed by atoms with Gasteiger partial charge in [-0.15, -0.1) is 0 Å². The lowest BCUT2D eigenvalue weighted by atomic mass is 9.81. The van der Waals surface area contributed by atoms with Gasteiger partial charge in [0.05, 0.1) is 5.69 Å². The van der Waals surface area contributed by atoms with Crippen molar-refractivity contribution in [3.8, 4) is 44.5 Å². The van der Waals surface area contributed by atoms with Crippen LogP contribution in [0.4, 0.5) is 17.1 Å². The van der Waals surface area contributed by atoms with Crippen LogP contribution in [0.1, 0.15) is 76.3 Å². The van der Waals surface area contributed by atoms with Gasteiger partial charge in [-0.25, -0.2) is 0 Å². The van der Waals surface area contributed by atoms with Crippen molar-refractivity contribution in [2.75, 3.05) is 4.90 Å². The Balaban J connectivity index is 1.22. The Kier molecular flexibility index (Phi) is 7.83. The van der Waals surface area contributed by atoms with E-state index < -0.39 is 0 Å². The molecule has 0 bridgehead atoms. The first-order chi connectivity index (χ1) is 27.4. The fraction of sp³-hybridized carbons (Fsp3) is 0.179. The summed E-state index contributed by atoms with van der Waals surface area (Å²) >= 11 is 0. The van der Waals surface area contributed by atoms with Gasteiger partial charge in [0.25, 0.3) is 0 Å². The first kappa shape index (κ1) is 35.2. The minimum Gasteiger partial charge on any atom is -0.310 e. The fourth-order valence-electron chi connectivity index (χ4n) is 9.92. The monoisotopic (exact) mass is 735 g/mol. The zero-order chi connectivity index (χ0) is 39.3. The molecule has 0 aliphatic heterocycles. The second-order valence-electron chi connectivity index (χ2n) is 18.2. The van der Waals surface area contributed by atoms with Crippen LogP contribution >= 0.6 is 0 Å². The molecule has 1 nitrogen and oxygen atoms in total. The topological polar surface area (TPSA) is 3.24 Å². The lowest BCUT2D eigenvalue weighted by Crippen LogP contribution is -2.17. The molecular weight excluding hydrogens is 687 g/mol.